The summed E-state index contributed by atoms with van der Waals surface area (Å²) in [6.07, 6.45) is 7.00. The zero-order valence-electron chi connectivity index (χ0n) is 13.2. The van der Waals surface area contributed by atoms with E-state index in [-0.39, 0.29) is 30.1 Å². The zero-order chi connectivity index (χ0) is 15.2. The summed E-state index contributed by atoms with van der Waals surface area (Å²) in [4.78, 5) is 26.1. The highest BCUT2D eigenvalue weighted by molar-refractivity contribution is 5.84. The number of carbonyl (C=O) groups is 2. The van der Waals surface area contributed by atoms with E-state index in [4.69, 9.17) is 9.47 Å². The Morgan fingerprint density at radius 1 is 1.10 bits per heavy atom. The second-order valence-electron chi connectivity index (χ2n) is 6.04. The van der Waals surface area contributed by atoms with Gasteiger partial charge in [-0.3, -0.25) is 4.79 Å². The molecule has 21 heavy (non-hydrogen) atoms. The Balaban J connectivity index is 1.92. The second kappa shape index (κ2) is 7.78. The van der Waals surface area contributed by atoms with Gasteiger partial charge in [0.05, 0.1) is 6.10 Å². The van der Waals surface area contributed by atoms with Gasteiger partial charge in [-0.25, -0.2) is 4.79 Å². The van der Waals surface area contributed by atoms with Crippen LogP contribution < -0.4 is 0 Å². The van der Waals surface area contributed by atoms with Crippen LogP contribution in [-0.4, -0.2) is 48.7 Å². The number of hydrogen-bond donors (Lipinski definition) is 0. The minimum absolute atomic E-state index is 0.0510. The van der Waals surface area contributed by atoms with Crippen molar-refractivity contribution in [1.29, 1.82) is 0 Å². The highest BCUT2D eigenvalue weighted by atomic mass is 16.5. The van der Waals surface area contributed by atoms with Crippen molar-refractivity contribution in [3.05, 3.63) is 0 Å². The molecule has 1 aliphatic carbocycles. The lowest BCUT2D eigenvalue weighted by Crippen LogP contribution is -2.49. The van der Waals surface area contributed by atoms with Gasteiger partial charge < -0.3 is 14.4 Å². The summed E-state index contributed by atoms with van der Waals surface area (Å²) >= 11 is 0. The molecule has 0 spiro atoms. The van der Waals surface area contributed by atoms with Crippen LogP contribution in [-0.2, 0) is 19.1 Å². The van der Waals surface area contributed by atoms with E-state index in [1.807, 2.05) is 6.92 Å². The molecule has 0 aromatic rings. The molecule has 1 aliphatic heterocycles. The third-order valence-electron chi connectivity index (χ3n) is 4.59. The van der Waals surface area contributed by atoms with Gasteiger partial charge in [0, 0.05) is 26.5 Å². The SMILES string of the molecule is CCC(=O)N1CCCC[C@@H]1C(=O)O[C@H]1CCC[C@@H](OC)C1. The van der Waals surface area contributed by atoms with Crippen LogP contribution in [0.25, 0.3) is 0 Å². The molecule has 1 saturated carbocycles. The van der Waals surface area contributed by atoms with Crippen molar-refractivity contribution in [3.63, 3.8) is 0 Å². The van der Waals surface area contributed by atoms with E-state index in [0.717, 1.165) is 44.9 Å². The van der Waals surface area contributed by atoms with Gasteiger partial charge in [-0.05, 0) is 38.5 Å². The van der Waals surface area contributed by atoms with Crippen LogP contribution in [0.5, 0.6) is 0 Å². The third kappa shape index (κ3) is 4.19. The fourth-order valence-electron chi connectivity index (χ4n) is 3.34. The van der Waals surface area contributed by atoms with Crippen molar-refractivity contribution < 1.29 is 19.1 Å². The lowest BCUT2D eigenvalue weighted by atomic mass is 9.94. The highest BCUT2D eigenvalue weighted by Crippen LogP contribution is 2.25. The highest BCUT2D eigenvalue weighted by Gasteiger charge is 2.34. The average molecular weight is 297 g/mol. The number of likely N-dealkylation sites (tertiary alicyclic amines) is 1. The number of ether oxygens (including phenoxy) is 2. The van der Waals surface area contributed by atoms with Crippen LogP contribution in [0.4, 0.5) is 0 Å². The number of nitrogens with zero attached hydrogens (tertiary/aromatic N) is 1. The van der Waals surface area contributed by atoms with Gasteiger partial charge in [0.15, 0.2) is 0 Å². The van der Waals surface area contributed by atoms with Crippen LogP contribution in [0.15, 0.2) is 0 Å². The van der Waals surface area contributed by atoms with Gasteiger partial charge in [0.25, 0.3) is 0 Å². The molecule has 120 valence electrons. The Morgan fingerprint density at radius 3 is 2.57 bits per heavy atom. The predicted molar refractivity (Wildman–Crippen MR) is 78.8 cm³/mol. The first-order valence-electron chi connectivity index (χ1n) is 8.18. The fourth-order valence-corrected chi connectivity index (χ4v) is 3.34. The largest absolute Gasteiger partial charge is 0.461 e. The molecule has 0 aromatic heterocycles. The number of hydrogen-bond acceptors (Lipinski definition) is 4. The van der Waals surface area contributed by atoms with Crippen molar-refractivity contribution in [3.8, 4) is 0 Å². The van der Waals surface area contributed by atoms with E-state index in [2.05, 4.69) is 0 Å². The molecular weight excluding hydrogens is 270 g/mol. The molecule has 1 amide bonds. The molecule has 0 bridgehead atoms. The minimum Gasteiger partial charge on any atom is -0.461 e. The molecule has 0 aromatic carbocycles. The van der Waals surface area contributed by atoms with E-state index in [1.54, 1.807) is 12.0 Å². The standard InChI is InChI=1S/C16H27NO4/c1-3-15(18)17-10-5-4-9-14(17)16(19)21-13-8-6-7-12(11-13)20-2/h12-14H,3-11H2,1-2H3/t12-,13+,14-/m1/s1. The number of carbonyl (C=O) groups excluding carboxylic acids is 2. The first-order valence-corrected chi connectivity index (χ1v) is 8.18. The van der Waals surface area contributed by atoms with Crippen LogP contribution in [0.3, 0.4) is 0 Å². The maximum Gasteiger partial charge on any atom is 0.329 e. The lowest BCUT2D eigenvalue weighted by molar-refractivity contribution is -0.164. The molecule has 1 heterocycles. The van der Waals surface area contributed by atoms with Gasteiger partial charge in [0.2, 0.25) is 5.91 Å². The summed E-state index contributed by atoms with van der Waals surface area (Å²) in [5.74, 6) is -0.173. The molecule has 2 rings (SSSR count). The number of amides is 1. The van der Waals surface area contributed by atoms with Gasteiger partial charge >= 0.3 is 5.97 Å². The van der Waals surface area contributed by atoms with Crippen molar-refractivity contribution in [2.45, 2.75) is 76.5 Å². The van der Waals surface area contributed by atoms with E-state index in [1.165, 1.54) is 0 Å². The molecule has 5 heteroatoms. The lowest BCUT2D eigenvalue weighted by Gasteiger charge is -2.36. The quantitative estimate of drug-likeness (QED) is 0.747. The predicted octanol–water partition coefficient (Wildman–Crippen LogP) is 2.28. The average Bonchev–Trinajstić information content (AvgIpc) is 2.54. The summed E-state index contributed by atoms with van der Waals surface area (Å²) in [5.41, 5.74) is 0. The maximum absolute atomic E-state index is 12.4. The topological polar surface area (TPSA) is 55.8 Å². The molecule has 0 N–H and O–H groups in total. The van der Waals surface area contributed by atoms with Crippen LogP contribution in [0, 0.1) is 0 Å². The summed E-state index contributed by atoms with van der Waals surface area (Å²) in [5, 5.41) is 0. The van der Waals surface area contributed by atoms with E-state index >= 15 is 0 Å². The molecule has 5 nitrogen and oxygen atoms in total. The first kappa shape index (κ1) is 16.3. The van der Waals surface area contributed by atoms with Crippen molar-refractivity contribution in [2.24, 2.45) is 0 Å². The van der Waals surface area contributed by atoms with Crippen LogP contribution in [0.1, 0.15) is 58.3 Å². The van der Waals surface area contributed by atoms with E-state index in [9.17, 15) is 9.59 Å². The van der Waals surface area contributed by atoms with E-state index < -0.39 is 0 Å². The molecule has 2 fully saturated rings. The van der Waals surface area contributed by atoms with Crippen molar-refractivity contribution in [2.75, 3.05) is 13.7 Å². The summed E-state index contributed by atoms with van der Waals surface area (Å²) < 4.78 is 11.0. The molecule has 2 aliphatic rings. The Kier molecular flexibility index (Phi) is 6.03. The number of methoxy groups -OCH3 is 1. The van der Waals surface area contributed by atoms with Gasteiger partial charge in [-0.15, -0.1) is 0 Å². The molecule has 0 radical (unpaired) electrons. The molecule has 3 atom stereocenters. The third-order valence-corrected chi connectivity index (χ3v) is 4.59. The number of esters is 1. The smallest absolute Gasteiger partial charge is 0.329 e. The normalized spacial score (nSPS) is 30.0. The Labute approximate surface area is 127 Å². The van der Waals surface area contributed by atoms with Crippen LogP contribution in [0.2, 0.25) is 0 Å². The Morgan fingerprint density at radius 2 is 1.86 bits per heavy atom. The van der Waals surface area contributed by atoms with Gasteiger partial charge in [-0.2, -0.15) is 0 Å². The second-order valence-corrected chi connectivity index (χ2v) is 6.04. The van der Waals surface area contributed by atoms with Gasteiger partial charge in [0.1, 0.15) is 12.1 Å². The summed E-state index contributed by atoms with van der Waals surface area (Å²) in [6, 6.07) is -0.380. The maximum atomic E-state index is 12.4. The summed E-state index contributed by atoms with van der Waals surface area (Å²) in [7, 11) is 1.71. The van der Waals surface area contributed by atoms with Crippen LogP contribution >= 0.6 is 0 Å². The first-order chi connectivity index (χ1) is 10.2. The fraction of sp³-hybridized carbons (Fsp3) is 0.875. The van der Waals surface area contributed by atoms with Crippen molar-refractivity contribution in [1.82, 2.24) is 4.90 Å². The molecule has 1 saturated heterocycles. The van der Waals surface area contributed by atoms with Gasteiger partial charge in [-0.1, -0.05) is 6.92 Å². The number of piperidine rings is 1. The molecule has 0 unspecified atom stereocenters. The molecular formula is C16H27NO4. The van der Waals surface area contributed by atoms with E-state index in [0.29, 0.717) is 13.0 Å². The summed E-state index contributed by atoms with van der Waals surface area (Å²) in [6.45, 7) is 2.52. The monoisotopic (exact) mass is 297 g/mol. The minimum atomic E-state index is -0.380. The van der Waals surface area contributed by atoms with Crippen molar-refractivity contribution >= 4 is 11.9 Å². The zero-order valence-corrected chi connectivity index (χ0v) is 13.2. The Hall–Kier alpha value is -1.10. The Bertz CT molecular complexity index is 371. The number of rotatable bonds is 4.